The topological polar surface area (TPSA) is 78.9 Å². The van der Waals surface area contributed by atoms with E-state index in [-0.39, 0.29) is 31.1 Å². The van der Waals surface area contributed by atoms with Gasteiger partial charge in [0.05, 0.1) is 25.3 Å². The first-order valence-electron chi connectivity index (χ1n) is 9.33. The number of hydrogen-bond acceptors (Lipinski definition) is 6. The number of anilines is 1. The Morgan fingerprint density at radius 1 is 1.42 bits per heavy atom. The molecule has 6 nitrogen and oxygen atoms in total. The highest BCUT2D eigenvalue weighted by molar-refractivity contribution is 7.17. The number of thiophene rings is 1. The normalized spacial score (nSPS) is 16.7. The number of aliphatic hydroxyl groups is 1. The molecule has 0 saturated heterocycles. The predicted molar refractivity (Wildman–Crippen MR) is 104 cm³/mol. The fraction of sp³-hybridized carbons (Fsp3) is 0.684. The van der Waals surface area contributed by atoms with E-state index in [1.54, 1.807) is 6.92 Å². The van der Waals surface area contributed by atoms with E-state index in [0.29, 0.717) is 29.6 Å². The minimum Gasteiger partial charge on any atom is -0.462 e. The predicted octanol–water partition coefficient (Wildman–Crippen LogP) is 2.69. The molecule has 0 spiro atoms. The minimum absolute atomic E-state index is 0.00469. The van der Waals surface area contributed by atoms with E-state index in [0.717, 1.165) is 24.8 Å². The second kappa shape index (κ2) is 9.48. The molecule has 1 aliphatic rings. The number of ether oxygens (including phenoxy) is 1. The number of aliphatic hydroxyl groups excluding tert-OH is 1. The average molecular weight is 383 g/mol. The lowest BCUT2D eigenvalue weighted by atomic mass is 9.88. The van der Waals surface area contributed by atoms with Crippen molar-refractivity contribution in [3.63, 3.8) is 0 Å². The molecule has 1 aliphatic carbocycles. The van der Waals surface area contributed by atoms with E-state index in [4.69, 9.17) is 9.84 Å². The van der Waals surface area contributed by atoms with Gasteiger partial charge in [-0.1, -0.05) is 6.92 Å². The van der Waals surface area contributed by atoms with Gasteiger partial charge in [0.25, 0.3) is 0 Å². The Hall–Kier alpha value is -1.44. The van der Waals surface area contributed by atoms with Crippen molar-refractivity contribution in [2.24, 2.45) is 5.92 Å². The molecule has 1 unspecified atom stereocenters. The Morgan fingerprint density at radius 3 is 2.77 bits per heavy atom. The number of nitrogens with zero attached hydrogens (tertiary/aromatic N) is 1. The van der Waals surface area contributed by atoms with Gasteiger partial charge in [-0.2, -0.15) is 0 Å². The highest BCUT2D eigenvalue weighted by atomic mass is 32.1. The van der Waals surface area contributed by atoms with Crippen LogP contribution in [0.4, 0.5) is 5.00 Å². The van der Waals surface area contributed by atoms with E-state index in [9.17, 15) is 9.59 Å². The molecular formula is C19H30N2O4S. The second-order valence-electron chi connectivity index (χ2n) is 7.11. The van der Waals surface area contributed by atoms with E-state index in [2.05, 4.69) is 12.2 Å². The molecule has 146 valence electrons. The third-order valence-corrected chi connectivity index (χ3v) is 5.88. The third-order valence-electron chi connectivity index (χ3n) is 4.71. The van der Waals surface area contributed by atoms with E-state index in [1.807, 2.05) is 18.7 Å². The van der Waals surface area contributed by atoms with Gasteiger partial charge in [0, 0.05) is 17.5 Å². The van der Waals surface area contributed by atoms with Crippen LogP contribution in [0.5, 0.6) is 0 Å². The zero-order chi connectivity index (χ0) is 19.3. The summed E-state index contributed by atoms with van der Waals surface area (Å²) in [5.74, 6) is 0.0519. The number of carbonyl (C=O) groups excluding carboxylic acids is 2. The summed E-state index contributed by atoms with van der Waals surface area (Å²) in [6.45, 7) is 8.90. The highest BCUT2D eigenvalue weighted by Gasteiger charge is 2.29. The summed E-state index contributed by atoms with van der Waals surface area (Å²) >= 11 is 1.50. The summed E-state index contributed by atoms with van der Waals surface area (Å²) in [7, 11) is 0. The lowest BCUT2D eigenvalue weighted by Crippen LogP contribution is -2.39. The van der Waals surface area contributed by atoms with Crippen molar-refractivity contribution in [2.45, 2.75) is 53.0 Å². The van der Waals surface area contributed by atoms with Crippen LogP contribution in [-0.2, 0) is 22.4 Å². The van der Waals surface area contributed by atoms with Crippen LogP contribution in [0.3, 0.4) is 0 Å². The second-order valence-corrected chi connectivity index (χ2v) is 8.22. The third kappa shape index (κ3) is 5.05. The van der Waals surface area contributed by atoms with Gasteiger partial charge in [0.15, 0.2) is 0 Å². The molecule has 0 radical (unpaired) electrons. The van der Waals surface area contributed by atoms with Crippen LogP contribution in [0.1, 0.15) is 54.9 Å². The highest BCUT2D eigenvalue weighted by Crippen LogP contribution is 2.40. The maximum atomic E-state index is 12.5. The van der Waals surface area contributed by atoms with Gasteiger partial charge in [-0.15, -0.1) is 11.3 Å². The molecule has 2 N–H and O–H groups in total. The van der Waals surface area contributed by atoms with Crippen molar-refractivity contribution in [3.05, 3.63) is 16.0 Å². The fourth-order valence-electron chi connectivity index (χ4n) is 3.26. The van der Waals surface area contributed by atoms with Gasteiger partial charge in [-0.05, 0) is 51.5 Å². The first-order valence-corrected chi connectivity index (χ1v) is 10.1. The molecule has 1 heterocycles. The van der Waals surface area contributed by atoms with Gasteiger partial charge in [-0.3, -0.25) is 9.69 Å². The monoisotopic (exact) mass is 382 g/mol. The van der Waals surface area contributed by atoms with Crippen molar-refractivity contribution in [2.75, 3.05) is 31.6 Å². The Labute approximate surface area is 159 Å². The zero-order valence-electron chi connectivity index (χ0n) is 16.1. The van der Waals surface area contributed by atoms with Crippen LogP contribution < -0.4 is 5.32 Å². The van der Waals surface area contributed by atoms with Gasteiger partial charge >= 0.3 is 5.97 Å². The molecular weight excluding hydrogens is 352 g/mol. The van der Waals surface area contributed by atoms with Crippen molar-refractivity contribution in [3.8, 4) is 0 Å². The molecule has 1 amide bonds. The van der Waals surface area contributed by atoms with Crippen molar-refractivity contribution >= 4 is 28.2 Å². The maximum absolute atomic E-state index is 12.5. The van der Waals surface area contributed by atoms with E-state index < -0.39 is 0 Å². The van der Waals surface area contributed by atoms with Crippen molar-refractivity contribution < 1.29 is 19.4 Å². The number of hydrogen-bond donors (Lipinski definition) is 2. The molecule has 26 heavy (non-hydrogen) atoms. The number of rotatable bonds is 8. The maximum Gasteiger partial charge on any atom is 0.341 e. The summed E-state index contributed by atoms with van der Waals surface area (Å²) < 4.78 is 5.23. The van der Waals surface area contributed by atoms with Crippen LogP contribution in [0.25, 0.3) is 0 Å². The molecule has 0 fully saturated rings. The minimum atomic E-state index is -0.356. The van der Waals surface area contributed by atoms with Crippen LogP contribution in [0.15, 0.2) is 0 Å². The molecule has 0 aromatic carbocycles. The first kappa shape index (κ1) is 20.9. The smallest absolute Gasteiger partial charge is 0.341 e. The lowest BCUT2D eigenvalue weighted by Gasteiger charge is -2.24. The van der Waals surface area contributed by atoms with Crippen molar-refractivity contribution in [1.29, 1.82) is 0 Å². The van der Waals surface area contributed by atoms with Crippen molar-refractivity contribution in [1.82, 2.24) is 4.90 Å². The largest absolute Gasteiger partial charge is 0.462 e. The number of esters is 1. The molecule has 0 bridgehead atoms. The Morgan fingerprint density at radius 2 is 2.15 bits per heavy atom. The van der Waals surface area contributed by atoms with Crippen LogP contribution in [0, 0.1) is 5.92 Å². The molecule has 2 rings (SSSR count). The Balaban J connectivity index is 2.22. The van der Waals surface area contributed by atoms with E-state index in [1.165, 1.54) is 16.2 Å². The van der Waals surface area contributed by atoms with Gasteiger partial charge in [-0.25, -0.2) is 4.79 Å². The van der Waals surface area contributed by atoms with Gasteiger partial charge in [0.2, 0.25) is 5.91 Å². The molecule has 0 aliphatic heterocycles. The fourth-order valence-corrected chi connectivity index (χ4v) is 4.67. The summed E-state index contributed by atoms with van der Waals surface area (Å²) in [5, 5.41) is 12.7. The molecule has 0 saturated carbocycles. The summed E-state index contributed by atoms with van der Waals surface area (Å²) in [6.07, 6.45) is 2.83. The summed E-state index contributed by atoms with van der Waals surface area (Å²) in [5.41, 5.74) is 1.57. The summed E-state index contributed by atoms with van der Waals surface area (Å²) in [4.78, 5) is 28.1. The quantitative estimate of drug-likeness (QED) is 0.676. The molecule has 1 aromatic rings. The molecule has 1 aromatic heterocycles. The SMILES string of the molecule is CCOC(=O)c1c(NC(=O)CN(CCO)C(C)C)sc2c1CCC(C)C2. The van der Waals surface area contributed by atoms with Gasteiger partial charge in [0.1, 0.15) is 5.00 Å². The zero-order valence-corrected chi connectivity index (χ0v) is 16.9. The van der Waals surface area contributed by atoms with Crippen LogP contribution in [0.2, 0.25) is 0 Å². The number of fused-ring (bicyclic) bond motifs is 1. The number of carbonyl (C=O) groups is 2. The Kier molecular flexibility index (Phi) is 7.61. The number of amides is 1. The summed E-state index contributed by atoms with van der Waals surface area (Å²) in [6, 6.07) is 0.148. The van der Waals surface area contributed by atoms with Crippen LogP contribution >= 0.6 is 11.3 Å². The lowest BCUT2D eigenvalue weighted by molar-refractivity contribution is -0.117. The first-order chi connectivity index (χ1) is 12.4. The van der Waals surface area contributed by atoms with Crippen LogP contribution in [-0.4, -0.2) is 54.2 Å². The molecule has 1 atom stereocenters. The van der Waals surface area contributed by atoms with Gasteiger partial charge < -0.3 is 15.2 Å². The Bertz CT molecular complexity index is 642. The molecule has 7 heteroatoms. The number of nitrogens with one attached hydrogen (secondary N) is 1. The standard InChI is InChI=1S/C19H30N2O4S/c1-5-25-19(24)17-14-7-6-13(4)10-15(14)26-18(17)20-16(23)11-21(8-9-22)12(2)3/h12-13,22H,5-11H2,1-4H3,(H,20,23). The average Bonchev–Trinajstić information content (AvgIpc) is 2.91. The van der Waals surface area contributed by atoms with E-state index >= 15 is 0 Å².